The Labute approximate surface area is 140 Å². The van der Waals surface area contributed by atoms with E-state index in [1.54, 1.807) is 6.33 Å². The van der Waals surface area contributed by atoms with Gasteiger partial charge in [0, 0.05) is 25.3 Å². The summed E-state index contributed by atoms with van der Waals surface area (Å²) in [5.41, 5.74) is 2.02. The molecule has 6 heteroatoms. The third-order valence-corrected chi connectivity index (χ3v) is 4.83. The number of ether oxygens (including phenoxy) is 2. The van der Waals surface area contributed by atoms with Crippen molar-refractivity contribution in [2.75, 3.05) is 13.2 Å². The van der Waals surface area contributed by atoms with Gasteiger partial charge >= 0.3 is 0 Å². The molecule has 0 spiro atoms. The number of rotatable bonds is 3. The number of imidazole rings is 1. The van der Waals surface area contributed by atoms with E-state index in [0.29, 0.717) is 13.2 Å². The van der Waals surface area contributed by atoms with Gasteiger partial charge in [-0.05, 0) is 18.9 Å². The van der Waals surface area contributed by atoms with Crippen LogP contribution in [0.4, 0.5) is 0 Å². The molecule has 0 bridgehead atoms. The van der Waals surface area contributed by atoms with Crippen LogP contribution in [-0.4, -0.2) is 34.7 Å². The molecule has 1 amide bonds. The molecule has 6 nitrogen and oxygen atoms in total. The topological polar surface area (TPSA) is 65.4 Å². The van der Waals surface area contributed by atoms with Crippen molar-refractivity contribution in [2.24, 2.45) is 7.05 Å². The van der Waals surface area contributed by atoms with E-state index in [-0.39, 0.29) is 24.0 Å². The molecule has 2 aromatic rings. The molecule has 3 heterocycles. The number of fused-ring (bicyclic) bond motifs is 1. The van der Waals surface area contributed by atoms with Crippen LogP contribution in [0.25, 0.3) is 0 Å². The highest BCUT2D eigenvalue weighted by atomic mass is 16.5. The first-order valence-corrected chi connectivity index (χ1v) is 8.32. The average Bonchev–Trinajstić information content (AvgIpc) is 3.21. The van der Waals surface area contributed by atoms with Crippen LogP contribution in [0.3, 0.4) is 0 Å². The molecule has 2 aliphatic rings. The summed E-state index contributed by atoms with van der Waals surface area (Å²) in [7, 11) is 1.96. The molecule has 0 aliphatic carbocycles. The lowest BCUT2D eigenvalue weighted by molar-refractivity contribution is -0.124. The van der Waals surface area contributed by atoms with Crippen molar-refractivity contribution in [1.82, 2.24) is 14.9 Å². The van der Waals surface area contributed by atoms with Gasteiger partial charge in [-0.15, -0.1) is 0 Å². The lowest BCUT2D eigenvalue weighted by Gasteiger charge is -2.30. The minimum absolute atomic E-state index is 0.0244. The van der Waals surface area contributed by atoms with E-state index in [4.69, 9.17) is 9.47 Å². The van der Waals surface area contributed by atoms with Crippen LogP contribution in [0.1, 0.15) is 36.1 Å². The molecular formula is C18H21N3O3. The number of para-hydroxylation sites is 1. The smallest absolute Gasteiger partial charge is 0.231 e. The van der Waals surface area contributed by atoms with Crippen LogP contribution >= 0.6 is 0 Å². The molecule has 126 valence electrons. The number of carbonyl (C=O) groups is 1. The van der Waals surface area contributed by atoms with E-state index in [1.807, 2.05) is 42.1 Å². The first-order chi connectivity index (χ1) is 11.7. The Morgan fingerprint density at radius 3 is 3.08 bits per heavy atom. The average molecular weight is 327 g/mol. The Balaban J connectivity index is 1.42. The second-order valence-corrected chi connectivity index (χ2v) is 6.42. The minimum atomic E-state index is -0.223. The van der Waals surface area contributed by atoms with E-state index in [1.165, 1.54) is 0 Å². The van der Waals surface area contributed by atoms with E-state index in [0.717, 1.165) is 29.8 Å². The SMILES string of the molecule is Cn1cncc1[C@@H]1C[C@@H](NC(=O)[C@@H]2COc3ccccc32)CCO1. The maximum atomic E-state index is 12.7. The van der Waals surface area contributed by atoms with Crippen LogP contribution < -0.4 is 10.1 Å². The number of aromatic nitrogens is 2. The van der Waals surface area contributed by atoms with Gasteiger partial charge < -0.3 is 19.4 Å². The Bertz CT molecular complexity index is 743. The van der Waals surface area contributed by atoms with Crippen LogP contribution in [0, 0.1) is 0 Å². The number of carbonyl (C=O) groups excluding carboxylic acids is 1. The van der Waals surface area contributed by atoms with Crippen molar-refractivity contribution >= 4 is 5.91 Å². The van der Waals surface area contributed by atoms with Gasteiger partial charge in [0.1, 0.15) is 24.4 Å². The molecule has 1 aromatic carbocycles. The Hall–Kier alpha value is -2.34. The van der Waals surface area contributed by atoms with E-state index >= 15 is 0 Å². The molecule has 1 N–H and O–H groups in total. The summed E-state index contributed by atoms with van der Waals surface area (Å²) in [5, 5.41) is 3.18. The van der Waals surface area contributed by atoms with Crippen LogP contribution in [0.15, 0.2) is 36.8 Å². The minimum Gasteiger partial charge on any atom is -0.492 e. The fraction of sp³-hybridized carbons (Fsp3) is 0.444. The summed E-state index contributed by atoms with van der Waals surface area (Å²) in [5.74, 6) is 0.632. The molecule has 0 saturated carbocycles. The normalized spacial score (nSPS) is 25.8. The molecule has 1 saturated heterocycles. The van der Waals surface area contributed by atoms with Gasteiger partial charge in [0.15, 0.2) is 0 Å². The zero-order chi connectivity index (χ0) is 16.5. The lowest BCUT2D eigenvalue weighted by atomic mass is 9.97. The fourth-order valence-electron chi connectivity index (χ4n) is 3.49. The highest BCUT2D eigenvalue weighted by Crippen LogP contribution is 2.34. The van der Waals surface area contributed by atoms with Crippen molar-refractivity contribution < 1.29 is 14.3 Å². The van der Waals surface area contributed by atoms with Crippen LogP contribution in [0.5, 0.6) is 5.75 Å². The number of nitrogens with zero attached hydrogens (tertiary/aromatic N) is 2. The fourth-order valence-corrected chi connectivity index (χ4v) is 3.49. The molecule has 1 fully saturated rings. The van der Waals surface area contributed by atoms with Gasteiger partial charge in [0.25, 0.3) is 0 Å². The largest absolute Gasteiger partial charge is 0.492 e. The number of aryl methyl sites for hydroxylation is 1. The first kappa shape index (κ1) is 15.2. The number of amides is 1. The van der Waals surface area contributed by atoms with Crippen LogP contribution in [0.2, 0.25) is 0 Å². The van der Waals surface area contributed by atoms with Crippen molar-refractivity contribution in [3.63, 3.8) is 0 Å². The highest BCUT2D eigenvalue weighted by Gasteiger charge is 2.33. The van der Waals surface area contributed by atoms with Crippen molar-refractivity contribution in [3.8, 4) is 5.75 Å². The maximum Gasteiger partial charge on any atom is 0.231 e. The number of nitrogens with one attached hydrogen (secondary N) is 1. The molecular weight excluding hydrogens is 306 g/mol. The summed E-state index contributed by atoms with van der Waals surface area (Å²) in [6, 6.07) is 7.86. The van der Waals surface area contributed by atoms with Gasteiger partial charge in [-0.25, -0.2) is 4.98 Å². The number of hydrogen-bond acceptors (Lipinski definition) is 4. The second-order valence-electron chi connectivity index (χ2n) is 6.42. The predicted octanol–water partition coefficient (Wildman–Crippen LogP) is 1.93. The summed E-state index contributed by atoms with van der Waals surface area (Å²) < 4.78 is 13.4. The summed E-state index contributed by atoms with van der Waals surface area (Å²) >= 11 is 0. The third-order valence-electron chi connectivity index (χ3n) is 4.83. The van der Waals surface area contributed by atoms with E-state index < -0.39 is 0 Å². The summed E-state index contributed by atoms with van der Waals surface area (Å²) in [4.78, 5) is 16.8. The van der Waals surface area contributed by atoms with Crippen molar-refractivity contribution in [3.05, 3.63) is 48.0 Å². The van der Waals surface area contributed by atoms with Gasteiger partial charge in [0.2, 0.25) is 5.91 Å². The number of benzene rings is 1. The molecule has 4 rings (SSSR count). The van der Waals surface area contributed by atoms with Crippen molar-refractivity contribution in [1.29, 1.82) is 0 Å². The molecule has 0 unspecified atom stereocenters. The van der Waals surface area contributed by atoms with Crippen molar-refractivity contribution in [2.45, 2.75) is 30.9 Å². The maximum absolute atomic E-state index is 12.7. The van der Waals surface area contributed by atoms with Gasteiger partial charge in [-0.1, -0.05) is 18.2 Å². The Morgan fingerprint density at radius 2 is 2.25 bits per heavy atom. The zero-order valence-corrected chi connectivity index (χ0v) is 13.6. The third kappa shape index (κ3) is 2.78. The molecule has 24 heavy (non-hydrogen) atoms. The quantitative estimate of drug-likeness (QED) is 0.935. The van der Waals surface area contributed by atoms with E-state index in [2.05, 4.69) is 10.3 Å². The summed E-state index contributed by atoms with van der Waals surface area (Å²) in [6.07, 6.45) is 5.17. The lowest BCUT2D eigenvalue weighted by Crippen LogP contribution is -2.42. The van der Waals surface area contributed by atoms with E-state index in [9.17, 15) is 4.79 Å². The molecule has 0 radical (unpaired) electrons. The monoisotopic (exact) mass is 327 g/mol. The van der Waals surface area contributed by atoms with Gasteiger partial charge in [-0.3, -0.25) is 4.79 Å². The Kier molecular flexibility index (Phi) is 3.98. The molecule has 1 aromatic heterocycles. The molecule has 3 atom stereocenters. The molecule has 2 aliphatic heterocycles. The van der Waals surface area contributed by atoms with Crippen LogP contribution in [-0.2, 0) is 16.6 Å². The zero-order valence-electron chi connectivity index (χ0n) is 13.6. The summed E-state index contributed by atoms with van der Waals surface area (Å²) in [6.45, 7) is 1.05. The number of hydrogen-bond donors (Lipinski definition) is 1. The first-order valence-electron chi connectivity index (χ1n) is 8.32. The predicted molar refractivity (Wildman–Crippen MR) is 87.7 cm³/mol. The highest BCUT2D eigenvalue weighted by molar-refractivity contribution is 5.85. The van der Waals surface area contributed by atoms with Gasteiger partial charge in [-0.2, -0.15) is 0 Å². The second kappa shape index (κ2) is 6.28. The standard InChI is InChI=1S/C18H21N3O3/c1-21-11-19-9-15(21)17-8-12(6-7-23-17)20-18(22)14-10-24-16-5-3-2-4-13(14)16/h2-5,9,11-12,14,17H,6-8,10H2,1H3,(H,20,22)/t12-,14+,17-/m0/s1. The Morgan fingerprint density at radius 1 is 1.38 bits per heavy atom. The van der Waals surface area contributed by atoms with Gasteiger partial charge in [0.05, 0.1) is 18.2 Å².